The van der Waals surface area contributed by atoms with Crippen LogP contribution in [0, 0.1) is 13.8 Å². The van der Waals surface area contributed by atoms with E-state index in [9.17, 15) is 8.42 Å². The number of aromatic nitrogens is 4. The zero-order valence-corrected chi connectivity index (χ0v) is 19.3. The summed E-state index contributed by atoms with van der Waals surface area (Å²) in [4.78, 5) is 13.1. The highest BCUT2D eigenvalue weighted by Crippen LogP contribution is 2.27. The topological polar surface area (TPSA) is 111 Å². The Morgan fingerprint density at radius 3 is 2.67 bits per heavy atom. The fraction of sp³-hybridized carbons (Fsp3) is 0.316. The minimum atomic E-state index is -3.74. The Hall–Kier alpha value is -2.50. The number of sulfonamides is 1. The molecule has 0 spiro atoms. The van der Waals surface area contributed by atoms with Crippen LogP contribution in [0.3, 0.4) is 0 Å². The van der Waals surface area contributed by atoms with E-state index in [1.807, 2.05) is 17.7 Å². The molecule has 0 bridgehead atoms. The summed E-state index contributed by atoms with van der Waals surface area (Å²) in [7, 11) is -3.74. The van der Waals surface area contributed by atoms with E-state index in [1.54, 1.807) is 38.2 Å². The molecule has 0 saturated heterocycles. The molecule has 0 atom stereocenters. The van der Waals surface area contributed by atoms with Crippen LogP contribution >= 0.6 is 15.9 Å². The monoisotopic (exact) mass is 494 g/mol. The third-order valence-electron chi connectivity index (χ3n) is 4.12. The number of aryl methyl sites for hydroxylation is 2. The van der Waals surface area contributed by atoms with Crippen LogP contribution in [0.2, 0.25) is 0 Å². The Kier molecular flexibility index (Phi) is 7.06. The first-order valence-corrected chi connectivity index (χ1v) is 11.6. The van der Waals surface area contributed by atoms with Crippen molar-refractivity contribution in [2.24, 2.45) is 0 Å². The van der Waals surface area contributed by atoms with E-state index in [2.05, 4.69) is 40.9 Å². The van der Waals surface area contributed by atoms with E-state index >= 15 is 0 Å². The van der Waals surface area contributed by atoms with Gasteiger partial charge in [-0.05, 0) is 39.0 Å². The molecule has 2 heterocycles. The number of benzene rings is 1. The van der Waals surface area contributed by atoms with Gasteiger partial charge in [0.1, 0.15) is 33.9 Å². The first-order valence-electron chi connectivity index (χ1n) is 9.32. The molecule has 3 aromatic rings. The van der Waals surface area contributed by atoms with Crippen LogP contribution in [0.25, 0.3) is 5.82 Å². The van der Waals surface area contributed by atoms with Gasteiger partial charge in [-0.1, -0.05) is 15.9 Å². The minimum absolute atomic E-state index is 0.0921. The number of imidazole rings is 1. The summed E-state index contributed by atoms with van der Waals surface area (Å²) in [5.41, 5.74) is 0. The molecule has 0 unspecified atom stereocenters. The number of halogens is 1. The number of ether oxygens (including phenoxy) is 1. The zero-order valence-electron chi connectivity index (χ0n) is 16.9. The lowest BCUT2D eigenvalue weighted by Crippen LogP contribution is -2.29. The predicted molar refractivity (Wildman–Crippen MR) is 118 cm³/mol. The highest BCUT2D eigenvalue weighted by atomic mass is 79.9. The van der Waals surface area contributed by atoms with Gasteiger partial charge in [-0.2, -0.15) is 0 Å². The molecular formula is C19H23BrN6O3S. The lowest BCUT2D eigenvalue weighted by molar-refractivity contribution is 0.331. The van der Waals surface area contributed by atoms with Gasteiger partial charge in [0.05, 0.1) is 6.61 Å². The van der Waals surface area contributed by atoms with Crippen molar-refractivity contribution in [3.05, 3.63) is 52.8 Å². The largest absolute Gasteiger partial charge is 0.492 e. The molecule has 1 aromatic carbocycles. The quantitative estimate of drug-likeness (QED) is 0.439. The molecule has 0 saturated carbocycles. The zero-order chi connectivity index (χ0) is 21.7. The first-order chi connectivity index (χ1) is 14.3. The van der Waals surface area contributed by atoms with E-state index in [1.165, 1.54) is 6.07 Å². The number of nitrogens with zero attached hydrogens (tertiary/aromatic N) is 4. The molecule has 0 amide bonds. The average molecular weight is 495 g/mol. The second kappa shape index (κ2) is 9.54. The van der Waals surface area contributed by atoms with Gasteiger partial charge < -0.3 is 10.1 Å². The third kappa shape index (κ3) is 5.35. The maximum atomic E-state index is 12.7. The van der Waals surface area contributed by atoms with Crippen molar-refractivity contribution in [1.29, 1.82) is 0 Å². The van der Waals surface area contributed by atoms with Gasteiger partial charge in [0.25, 0.3) is 0 Å². The van der Waals surface area contributed by atoms with Gasteiger partial charge in [0, 0.05) is 36.0 Å². The summed E-state index contributed by atoms with van der Waals surface area (Å²) in [6.45, 7) is 6.37. The summed E-state index contributed by atoms with van der Waals surface area (Å²) < 4.78 is 36.0. The molecule has 3 rings (SSSR count). The summed E-state index contributed by atoms with van der Waals surface area (Å²) in [6, 6.07) is 6.68. The lowest BCUT2D eigenvalue weighted by atomic mass is 10.3. The summed E-state index contributed by atoms with van der Waals surface area (Å²) in [5, 5.41) is 3.13. The van der Waals surface area contributed by atoms with Gasteiger partial charge in [-0.15, -0.1) is 0 Å². The van der Waals surface area contributed by atoms with Crippen molar-refractivity contribution in [1.82, 2.24) is 24.2 Å². The molecule has 0 radical (unpaired) electrons. The summed E-state index contributed by atoms with van der Waals surface area (Å²) in [5.74, 6) is 3.01. The molecule has 0 aliphatic heterocycles. The second-order valence-electron chi connectivity index (χ2n) is 6.35. The molecular weight excluding hydrogens is 472 g/mol. The van der Waals surface area contributed by atoms with Gasteiger partial charge in [0.15, 0.2) is 0 Å². The van der Waals surface area contributed by atoms with Gasteiger partial charge in [-0.3, -0.25) is 4.57 Å². The number of nitrogens with one attached hydrogen (secondary N) is 2. The standard InChI is InChI=1S/C19H23BrN6O3S/c1-4-29-16-6-5-15(20)11-17(16)30(27,28)23-8-7-22-18-12-19(25-13(2)24-18)26-10-9-21-14(26)3/h5-6,9-12,23H,4,7-8H2,1-3H3,(H,22,24,25). The SMILES string of the molecule is CCOc1ccc(Br)cc1S(=O)(=O)NCCNc1cc(-n2ccnc2C)nc(C)n1. The highest BCUT2D eigenvalue weighted by molar-refractivity contribution is 9.10. The summed E-state index contributed by atoms with van der Waals surface area (Å²) in [6.07, 6.45) is 3.52. The highest BCUT2D eigenvalue weighted by Gasteiger charge is 2.19. The van der Waals surface area contributed by atoms with Crippen LogP contribution in [0.5, 0.6) is 5.75 Å². The van der Waals surface area contributed by atoms with Crippen molar-refractivity contribution in [3.8, 4) is 11.6 Å². The maximum Gasteiger partial charge on any atom is 0.244 e. The van der Waals surface area contributed by atoms with Gasteiger partial charge >= 0.3 is 0 Å². The van der Waals surface area contributed by atoms with Crippen LogP contribution in [0.1, 0.15) is 18.6 Å². The fourth-order valence-corrected chi connectivity index (χ4v) is 4.52. The van der Waals surface area contributed by atoms with Gasteiger partial charge in [-0.25, -0.2) is 28.1 Å². The number of hydrogen-bond donors (Lipinski definition) is 2. The van der Waals surface area contributed by atoms with Crippen LogP contribution in [0.4, 0.5) is 5.82 Å². The number of rotatable bonds is 9. The van der Waals surface area contributed by atoms with Crippen molar-refractivity contribution in [2.75, 3.05) is 25.0 Å². The number of anilines is 1. The van der Waals surface area contributed by atoms with Crippen LogP contribution in [0.15, 0.2) is 46.0 Å². The molecule has 30 heavy (non-hydrogen) atoms. The predicted octanol–water partition coefficient (Wildman–Crippen LogP) is 2.83. The van der Waals surface area contributed by atoms with Gasteiger partial charge in [0.2, 0.25) is 10.0 Å². The maximum absolute atomic E-state index is 12.7. The molecule has 2 aromatic heterocycles. The second-order valence-corrected chi connectivity index (χ2v) is 9.00. The molecule has 2 N–H and O–H groups in total. The van der Waals surface area contributed by atoms with Crippen molar-refractivity contribution in [3.63, 3.8) is 0 Å². The van der Waals surface area contributed by atoms with Crippen LogP contribution < -0.4 is 14.8 Å². The van der Waals surface area contributed by atoms with Crippen molar-refractivity contribution in [2.45, 2.75) is 25.7 Å². The molecule has 0 fully saturated rings. The van der Waals surface area contributed by atoms with Crippen LogP contribution in [-0.4, -0.2) is 47.6 Å². The van der Waals surface area contributed by atoms with E-state index in [0.717, 1.165) is 5.82 Å². The minimum Gasteiger partial charge on any atom is -0.492 e. The van der Waals surface area contributed by atoms with Crippen molar-refractivity contribution >= 4 is 31.8 Å². The smallest absolute Gasteiger partial charge is 0.244 e. The first kappa shape index (κ1) is 22.2. The average Bonchev–Trinajstić information content (AvgIpc) is 3.12. The normalized spacial score (nSPS) is 11.5. The Morgan fingerprint density at radius 1 is 1.17 bits per heavy atom. The Balaban J connectivity index is 1.66. The third-order valence-corrected chi connectivity index (χ3v) is 6.09. The Labute approximate surface area is 184 Å². The molecule has 11 heteroatoms. The van der Waals surface area contributed by atoms with E-state index < -0.39 is 10.0 Å². The Bertz CT molecular complexity index is 1130. The van der Waals surface area contributed by atoms with E-state index in [-0.39, 0.29) is 11.4 Å². The van der Waals surface area contributed by atoms with E-state index in [4.69, 9.17) is 4.74 Å². The molecule has 9 nitrogen and oxygen atoms in total. The number of hydrogen-bond acceptors (Lipinski definition) is 7. The molecule has 0 aliphatic rings. The molecule has 160 valence electrons. The fourth-order valence-electron chi connectivity index (χ4n) is 2.81. The summed E-state index contributed by atoms with van der Waals surface area (Å²) >= 11 is 3.31. The van der Waals surface area contributed by atoms with Crippen LogP contribution in [-0.2, 0) is 10.0 Å². The van der Waals surface area contributed by atoms with E-state index in [0.29, 0.717) is 40.8 Å². The Morgan fingerprint density at radius 2 is 1.97 bits per heavy atom. The lowest BCUT2D eigenvalue weighted by Gasteiger charge is -2.13. The molecule has 0 aliphatic carbocycles. The van der Waals surface area contributed by atoms with Crippen molar-refractivity contribution < 1.29 is 13.2 Å².